The molecular weight excluding hydrogens is 206 g/mol. The summed E-state index contributed by atoms with van der Waals surface area (Å²) in [6, 6.07) is 9.94. The molecule has 3 rings (SSSR count). The number of hydrogen-bond acceptors (Lipinski definition) is 2. The molecular formula is C12H11NOS. The van der Waals surface area contributed by atoms with Crippen molar-refractivity contribution < 1.29 is 0 Å². The maximum atomic E-state index is 12.1. The zero-order valence-corrected chi connectivity index (χ0v) is 9.09. The second kappa shape index (κ2) is 3.42. The van der Waals surface area contributed by atoms with Gasteiger partial charge in [-0.1, -0.05) is 18.2 Å². The van der Waals surface area contributed by atoms with Gasteiger partial charge in [0.1, 0.15) is 0 Å². The highest BCUT2D eigenvalue weighted by atomic mass is 32.2. The molecule has 1 aliphatic heterocycles. The van der Waals surface area contributed by atoms with Crippen molar-refractivity contribution in [3.8, 4) is 0 Å². The Labute approximate surface area is 91.9 Å². The summed E-state index contributed by atoms with van der Waals surface area (Å²) in [5.41, 5.74) is 0.162. The summed E-state index contributed by atoms with van der Waals surface area (Å²) in [6.07, 6.45) is 1.09. The highest BCUT2D eigenvalue weighted by molar-refractivity contribution is 7.99. The summed E-state index contributed by atoms with van der Waals surface area (Å²) in [5, 5.41) is 3.01. The maximum absolute atomic E-state index is 12.1. The molecule has 3 heteroatoms. The lowest BCUT2D eigenvalue weighted by Crippen LogP contribution is -2.24. The van der Waals surface area contributed by atoms with Gasteiger partial charge in [-0.3, -0.25) is 4.79 Å². The molecule has 2 nitrogen and oxygen atoms in total. The fourth-order valence-electron chi connectivity index (χ4n) is 2.00. The Kier molecular flexibility index (Phi) is 2.06. The van der Waals surface area contributed by atoms with Crippen LogP contribution in [0.25, 0.3) is 10.8 Å². The predicted molar refractivity (Wildman–Crippen MR) is 63.5 cm³/mol. The largest absolute Gasteiger partial charge is 0.303 e. The van der Waals surface area contributed by atoms with E-state index in [9.17, 15) is 4.79 Å². The first kappa shape index (κ1) is 9.04. The minimum atomic E-state index is 0.162. The van der Waals surface area contributed by atoms with Crippen molar-refractivity contribution in [1.82, 2.24) is 4.57 Å². The van der Waals surface area contributed by atoms with Crippen LogP contribution in [-0.2, 0) is 6.54 Å². The smallest absolute Gasteiger partial charge is 0.259 e. The Balaban J connectivity index is 2.41. The normalized spacial score (nSPS) is 15.2. The van der Waals surface area contributed by atoms with Crippen LogP contribution in [0.3, 0.4) is 0 Å². The third-order valence-electron chi connectivity index (χ3n) is 2.76. The van der Waals surface area contributed by atoms with Gasteiger partial charge in [0.2, 0.25) is 0 Å². The van der Waals surface area contributed by atoms with Crippen molar-refractivity contribution in [1.29, 1.82) is 0 Å². The van der Waals surface area contributed by atoms with Crippen molar-refractivity contribution >= 4 is 22.5 Å². The molecule has 0 fully saturated rings. The van der Waals surface area contributed by atoms with E-state index in [1.54, 1.807) is 11.8 Å². The van der Waals surface area contributed by atoms with E-state index in [0.29, 0.717) is 0 Å². The van der Waals surface area contributed by atoms with Crippen LogP contribution < -0.4 is 5.56 Å². The van der Waals surface area contributed by atoms with E-state index in [-0.39, 0.29) is 5.56 Å². The third kappa shape index (κ3) is 1.38. The number of benzene rings is 1. The van der Waals surface area contributed by atoms with Crippen molar-refractivity contribution in [2.75, 3.05) is 5.75 Å². The summed E-state index contributed by atoms with van der Waals surface area (Å²) in [5.74, 6) is 1.12. The first-order chi connectivity index (χ1) is 7.36. The van der Waals surface area contributed by atoms with Crippen molar-refractivity contribution in [2.45, 2.75) is 18.0 Å². The lowest BCUT2D eigenvalue weighted by Gasteiger charge is -2.18. The second-order valence-electron chi connectivity index (χ2n) is 3.73. The number of nitrogens with zero attached hydrogens (tertiary/aromatic N) is 1. The fourth-order valence-corrected chi connectivity index (χ4v) is 3.03. The Morgan fingerprint density at radius 2 is 2.13 bits per heavy atom. The average Bonchev–Trinajstić information content (AvgIpc) is 2.30. The van der Waals surface area contributed by atoms with Gasteiger partial charge >= 0.3 is 0 Å². The molecule has 15 heavy (non-hydrogen) atoms. The van der Waals surface area contributed by atoms with Gasteiger partial charge in [0, 0.05) is 17.7 Å². The van der Waals surface area contributed by atoms with E-state index >= 15 is 0 Å². The molecule has 76 valence electrons. The Morgan fingerprint density at radius 3 is 3.07 bits per heavy atom. The Bertz CT molecular complexity index is 573. The molecule has 2 heterocycles. The van der Waals surface area contributed by atoms with Crippen LogP contribution in [0.15, 0.2) is 40.2 Å². The van der Waals surface area contributed by atoms with E-state index in [1.807, 2.05) is 28.8 Å². The molecule has 0 saturated heterocycles. The standard InChI is InChI=1S/C12H11NOS/c14-12-10-5-2-1-4-9(10)8-11-13(12)6-3-7-15-11/h1-2,4-5,8H,3,6-7H2. The number of aromatic nitrogens is 1. The maximum Gasteiger partial charge on any atom is 0.259 e. The number of hydrogen-bond donors (Lipinski definition) is 0. The highest BCUT2D eigenvalue weighted by Crippen LogP contribution is 2.25. The SMILES string of the molecule is O=c1c2ccccc2cc2n1CCCS2. The molecule has 0 unspecified atom stereocenters. The quantitative estimate of drug-likeness (QED) is 0.676. The summed E-state index contributed by atoms with van der Waals surface area (Å²) in [4.78, 5) is 12.1. The van der Waals surface area contributed by atoms with Gasteiger partial charge in [-0.15, -0.1) is 11.8 Å². The molecule has 0 bridgehead atoms. The average molecular weight is 217 g/mol. The molecule has 0 amide bonds. The van der Waals surface area contributed by atoms with Gasteiger partial charge in [-0.05, 0) is 23.9 Å². The summed E-state index contributed by atoms with van der Waals surface area (Å²) >= 11 is 1.78. The van der Waals surface area contributed by atoms with E-state index < -0.39 is 0 Å². The van der Waals surface area contributed by atoms with Crippen molar-refractivity contribution in [3.63, 3.8) is 0 Å². The van der Waals surface area contributed by atoms with E-state index in [4.69, 9.17) is 0 Å². The van der Waals surface area contributed by atoms with E-state index in [2.05, 4.69) is 6.07 Å². The number of thioether (sulfide) groups is 1. The van der Waals surface area contributed by atoms with E-state index in [0.717, 1.165) is 34.5 Å². The molecule has 0 saturated carbocycles. The lowest BCUT2D eigenvalue weighted by molar-refractivity contribution is 0.596. The topological polar surface area (TPSA) is 22.0 Å². The molecule has 1 aromatic heterocycles. The molecule has 0 atom stereocenters. The van der Waals surface area contributed by atoms with Crippen LogP contribution in [0, 0.1) is 0 Å². The summed E-state index contributed by atoms with van der Waals surface area (Å²) in [7, 11) is 0. The number of pyridine rings is 1. The zero-order valence-electron chi connectivity index (χ0n) is 8.27. The predicted octanol–water partition coefficient (Wildman–Crippen LogP) is 2.50. The summed E-state index contributed by atoms with van der Waals surface area (Å²) < 4.78 is 1.90. The first-order valence-electron chi connectivity index (χ1n) is 5.12. The molecule has 1 aliphatic rings. The Hall–Kier alpha value is -1.22. The lowest BCUT2D eigenvalue weighted by atomic mass is 10.2. The minimum absolute atomic E-state index is 0.162. The molecule has 2 aromatic rings. The minimum Gasteiger partial charge on any atom is -0.303 e. The van der Waals surface area contributed by atoms with Gasteiger partial charge in [0.25, 0.3) is 5.56 Å². The highest BCUT2D eigenvalue weighted by Gasteiger charge is 2.12. The van der Waals surface area contributed by atoms with Gasteiger partial charge in [0.15, 0.2) is 0 Å². The Morgan fingerprint density at radius 1 is 1.27 bits per heavy atom. The van der Waals surface area contributed by atoms with Crippen LogP contribution in [0.1, 0.15) is 6.42 Å². The third-order valence-corrected chi connectivity index (χ3v) is 3.88. The molecule has 0 spiro atoms. The van der Waals surface area contributed by atoms with E-state index in [1.165, 1.54) is 0 Å². The monoisotopic (exact) mass is 217 g/mol. The van der Waals surface area contributed by atoms with Gasteiger partial charge < -0.3 is 4.57 Å². The fraction of sp³-hybridized carbons (Fsp3) is 0.250. The number of rotatable bonds is 0. The molecule has 0 radical (unpaired) electrons. The van der Waals surface area contributed by atoms with Crippen molar-refractivity contribution in [3.05, 3.63) is 40.7 Å². The molecule has 0 N–H and O–H groups in total. The van der Waals surface area contributed by atoms with Gasteiger partial charge in [-0.25, -0.2) is 0 Å². The zero-order chi connectivity index (χ0) is 10.3. The number of fused-ring (bicyclic) bond motifs is 2. The second-order valence-corrected chi connectivity index (χ2v) is 4.84. The van der Waals surface area contributed by atoms with Crippen LogP contribution in [0.2, 0.25) is 0 Å². The summed E-state index contributed by atoms with van der Waals surface area (Å²) in [6.45, 7) is 0.867. The molecule has 0 aliphatic carbocycles. The van der Waals surface area contributed by atoms with Crippen LogP contribution in [0.5, 0.6) is 0 Å². The van der Waals surface area contributed by atoms with Crippen LogP contribution >= 0.6 is 11.8 Å². The van der Waals surface area contributed by atoms with Crippen LogP contribution in [-0.4, -0.2) is 10.3 Å². The van der Waals surface area contributed by atoms with Gasteiger partial charge in [0.05, 0.1) is 5.03 Å². The van der Waals surface area contributed by atoms with Gasteiger partial charge in [-0.2, -0.15) is 0 Å². The van der Waals surface area contributed by atoms with Crippen LogP contribution in [0.4, 0.5) is 0 Å². The first-order valence-corrected chi connectivity index (χ1v) is 6.10. The molecule has 1 aromatic carbocycles. The van der Waals surface area contributed by atoms with Crippen molar-refractivity contribution in [2.24, 2.45) is 0 Å².